The molecule has 3 N–H and O–H groups in total. The zero-order valence-electron chi connectivity index (χ0n) is 12.7. The molecule has 1 aliphatic rings. The third-order valence-electron chi connectivity index (χ3n) is 3.30. The molecule has 3 amide bonds. The summed E-state index contributed by atoms with van der Waals surface area (Å²) in [5.74, 6) is -0.166. The van der Waals surface area contributed by atoms with Crippen molar-refractivity contribution in [2.75, 3.05) is 26.2 Å². The standard InChI is InChI=1S/C16H19N3O4/c17-14(20)11-23-13-4-1-12(2-5-13)3-6-16(22)19-9-7-15(21)18-8-10-19/h1-6H,7-11H2,(H2,17,20)(H,18,21)/b6-3-. The number of amides is 3. The van der Waals surface area contributed by atoms with Gasteiger partial charge in [0.1, 0.15) is 5.75 Å². The van der Waals surface area contributed by atoms with Crippen LogP contribution in [0.1, 0.15) is 12.0 Å². The van der Waals surface area contributed by atoms with E-state index >= 15 is 0 Å². The van der Waals surface area contributed by atoms with E-state index in [1.807, 2.05) is 0 Å². The number of carbonyl (C=O) groups excluding carboxylic acids is 3. The van der Waals surface area contributed by atoms with Gasteiger partial charge in [-0.15, -0.1) is 0 Å². The number of primary amides is 1. The van der Waals surface area contributed by atoms with E-state index in [0.717, 1.165) is 5.56 Å². The number of nitrogens with one attached hydrogen (secondary N) is 1. The predicted octanol–water partition coefficient (Wildman–Crippen LogP) is -0.0876. The molecule has 0 spiro atoms. The summed E-state index contributed by atoms with van der Waals surface area (Å²) in [4.78, 5) is 35.6. The van der Waals surface area contributed by atoms with E-state index in [4.69, 9.17) is 10.5 Å². The van der Waals surface area contributed by atoms with Gasteiger partial charge < -0.3 is 20.7 Å². The molecular weight excluding hydrogens is 298 g/mol. The molecule has 0 saturated carbocycles. The molecule has 1 saturated heterocycles. The average molecular weight is 317 g/mol. The smallest absolute Gasteiger partial charge is 0.255 e. The molecular formula is C16H19N3O4. The Bertz CT molecular complexity index is 610. The van der Waals surface area contributed by atoms with Gasteiger partial charge in [-0.05, 0) is 23.8 Å². The second-order valence-electron chi connectivity index (χ2n) is 5.08. The second-order valence-corrected chi connectivity index (χ2v) is 5.08. The van der Waals surface area contributed by atoms with Crippen LogP contribution in [-0.4, -0.2) is 48.9 Å². The van der Waals surface area contributed by atoms with E-state index in [1.54, 1.807) is 35.2 Å². The minimum atomic E-state index is -0.537. The lowest BCUT2D eigenvalue weighted by Gasteiger charge is -2.17. The van der Waals surface area contributed by atoms with Crippen molar-refractivity contribution < 1.29 is 19.1 Å². The first-order chi connectivity index (χ1) is 11.0. The summed E-state index contributed by atoms with van der Waals surface area (Å²) in [6.45, 7) is 1.24. The Morgan fingerprint density at radius 1 is 1.26 bits per heavy atom. The predicted molar refractivity (Wildman–Crippen MR) is 84.4 cm³/mol. The van der Waals surface area contributed by atoms with E-state index < -0.39 is 5.91 Å². The molecule has 1 heterocycles. The van der Waals surface area contributed by atoms with E-state index in [-0.39, 0.29) is 18.4 Å². The molecule has 0 aliphatic carbocycles. The highest BCUT2D eigenvalue weighted by molar-refractivity contribution is 5.92. The van der Waals surface area contributed by atoms with Gasteiger partial charge in [0.2, 0.25) is 11.8 Å². The van der Waals surface area contributed by atoms with Gasteiger partial charge in [0.25, 0.3) is 5.91 Å². The van der Waals surface area contributed by atoms with Crippen molar-refractivity contribution in [2.45, 2.75) is 6.42 Å². The maximum atomic E-state index is 12.1. The van der Waals surface area contributed by atoms with Crippen LogP contribution in [0, 0.1) is 0 Å². The largest absolute Gasteiger partial charge is 0.484 e. The van der Waals surface area contributed by atoms with Gasteiger partial charge in [0, 0.05) is 32.1 Å². The summed E-state index contributed by atoms with van der Waals surface area (Å²) >= 11 is 0. The molecule has 122 valence electrons. The molecule has 1 fully saturated rings. The second kappa shape index (κ2) is 7.98. The van der Waals surface area contributed by atoms with Crippen LogP contribution in [0.3, 0.4) is 0 Å². The Labute approximate surface area is 134 Å². The van der Waals surface area contributed by atoms with Gasteiger partial charge in [0.05, 0.1) is 0 Å². The van der Waals surface area contributed by atoms with Crippen molar-refractivity contribution in [3.8, 4) is 5.75 Å². The maximum absolute atomic E-state index is 12.1. The number of benzene rings is 1. The fourth-order valence-electron chi connectivity index (χ4n) is 2.09. The Kier molecular flexibility index (Phi) is 5.74. The van der Waals surface area contributed by atoms with Crippen LogP contribution in [0.15, 0.2) is 30.3 Å². The number of nitrogens with zero attached hydrogens (tertiary/aromatic N) is 1. The minimum Gasteiger partial charge on any atom is -0.484 e. The summed E-state index contributed by atoms with van der Waals surface area (Å²) in [5, 5.41) is 2.73. The first-order valence-corrected chi connectivity index (χ1v) is 7.29. The number of ether oxygens (including phenoxy) is 1. The molecule has 2 rings (SSSR count). The van der Waals surface area contributed by atoms with Crippen molar-refractivity contribution in [3.05, 3.63) is 35.9 Å². The highest BCUT2D eigenvalue weighted by Gasteiger charge is 2.16. The molecule has 1 aromatic carbocycles. The fourth-order valence-corrected chi connectivity index (χ4v) is 2.09. The number of hydrogen-bond acceptors (Lipinski definition) is 4. The van der Waals surface area contributed by atoms with Gasteiger partial charge in [-0.1, -0.05) is 12.1 Å². The van der Waals surface area contributed by atoms with Crippen molar-refractivity contribution in [2.24, 2.45) is 5.73 Å². The van der Waals surface area contributed by atoms with E-state index in [9.17, 15) is 14.4 Å². The van der Waals surface area contributed by atoms with Crippen molar-refractivity contribution in [1.82, 2.24) is 10.2 Å². The summed E-state index contributed by atoms with van der Waals surface area (Å²) in [6, 6.07) is 6.93. The molecule has 7 nitrogen and oxygen atoms in total. The van der Waals surface area contributed by atoms with E-state index in [1.165, 1.54) is 6.08 Å². The summed E-state index contributed by atoms with van der Waals surface area (Å²) < 4.78 is 5.15. The lowest BCUT2D eigenvalue weighted by Crippen LogP contribution is -2.32. The van der Waals surface area contributed by atoms with Gasteiger partial charge in [-0.3, -0.25) is 14.4 Å². The van der Waals surface area contributed by atoms with Gasteiger partial charge in [-0.25, -0.2) is 0 Å². The van der Waals surface area contributed by atoms with Crippen LogP contribution in [-0.2, 0) is 14.4 Å². The topological polar surface area (TPSA) is 102 Å². The fraction of sp³-hybridized carbons (Fsp3) is 0.312. The van der Waals surface area contributed by atoms with Gasteiger partial charge >= 0.3 is 0 Å². The number of carbonyl (C=O) groups is 3. The molecule has 0 bridgehead atoms. The molecule has 7 heteroatoms. The first-order valence-electron chi connectivity index (χ1n) is 7.29. The molecule has 0 aromatic heterocycles. The number of rotatable bonds is 5. The van der Waals surface area contributed by atoms with Crippen LogP contribution < -0.4 is 15.8 Å². The van der Waals surface area contributed by atoms with E-state index in [2.05, 4.69) is 5.32 Å². The highest BCUT2D eigenvalue weighted by atomic mass is 16.5. The van der Waals surface area contributed by atoms with E-state index in [0.29, 0.717) is 31.8 Å². The zero-order chi connectivity index (χ0) is 16.7. The molecule has 0 unspecified atom stereocenters. The van der Waals surface area contributed by atoms with Crippen molar-refractivity contribution in [1.29, 1.82) is 0 Å². The first kappa shape index (κ1) is 16.5. The summed E-state index contributed by atoms with van der Waals surface area (Å²) in [7, 11) is 0. The molecule has 1 aromatic rings. The monoisotopic (exact) mass is 317 g/mol. The summed E-state index contributed by atoms with van der Waals surface area (Å²) in [5.41, 5.74) is 5.83. The molecule has 23 heavy (non-hydrogen) atoms. The SMILES string of the molecule is NC(=O)COc1ccc(/C=C\C(=O)N2CCNC(=O)CC2)cc1. The Hall–Kier alpha value is -2.83. The lowest BCUT2D eigenvalue weighted by molar-refractivity contribution is -0.126. The highest BCUT2D eigenvalue weighted by Crippen LogP contribution is 2.13. The third kappa shape index (κ3) is 5.46. The van der Waals surface area contributed by atoms with Crippen LogP contribution in [0.25, 0.3) is 6.08 Å². The zero-order valence-corrected chi connectivity index (χ0v) is 12.7. The lowest BCUT2D eigenvalue weighted by atomic mass is 10.2. The third-order valence-corrected chi connectivity index (χ3v) is 3.30. The van der Waals surface area contributed by atoms with Crippen LogP contribution >= 0.6 is 0 Å². The molecule has 0 atom stereocenters. The Morgan fingerprint density at radius 2 is 2.00 bits per heavy atom. The quantitative estimate of drug-likeness (QED) is 0.741. The Morgan fingerprint density at radius 3 is 2.70 bits per heavy atom. The molecule has 1 aliphatic heterocycles. The average Bonchev–Trinajstić information content (AvgIpc) is 2.76. The number of hydrogen-bond donors (Lipinski definition) is 2. The van der Waals surface area contributed by atoms with Gasteiger partial charge in [0.15, 0.2) is 6.61 Å². The normalized spacial score (nSPS) is 15.1. The Balaban J connectivity index is 1.90. The maximum Gasteiger partial charge on any atom is 0.255 e. The number of nitrogens with two attached hydrogens (primary N) is 1. The van der Waals surface area contributed by atoms with Crippen molar-refractivity contribution >= 4 is 23.8 Å². The molecule has 0 radical (unpaired) electrons. The summed E-state index contributed by atoms with van der Waals surface area (Å²) in [6.07, 6.45) is 3.50. The van der Waals surface area contributed by atoms with Gasteiger partial charge in [-0.2, -0.15) is 0 Å². The van der Waals surface area contributed by atoms with Crippen LogP contribution in [0.2, 0.25) is 0 Å². The van der Waals surface area contributed by atoms with Crippen molar-refractivity contribution in [3.63, 3.8) is 0 Å². The van der Waals surface area contributed by atoms with Crippen LogP contribution in [0.4, 0.5) is 0 Å². The minimum absolute atomic E-state index is 0.0316. The van der Waals surface area contributed by atoms with Crippen LogP contribution in [0.5, 0.6) is 5.75 Å².